The Balaban J connectivity index is 1.01. The standard InChI is InChI=1S/C66H53B2N5O/c1-4-20-42(21-5-1)45-26-10-13-33-54(45)73-57-41-58-53(68-51-32-12-15-35-56(51)72(44-24-8-3-9-25-44)65-48-29-18-38-70-39-19-30-49(62(48)70)66(74-58)60(65)68)40-52(57)67-50-31-11-14-34-55(50)71(43-22-6-2-7-23-43)63-46-27-16-36-69-37-17-28-47(61(46)69)64(73)59(63)67/h1-15,20-26,31-35,40-41H,16-19,27-30,36-39H2. The van der Waals surface area contributed by atoms with E-state index in [1.807, 2.05) is 0 Å². The second-order valence-electron chi connectivity index (χ2n) is 21.8. The number of ether oxygens (including phenoxy) is 1. The lowest BCUT2D eigenvalue weighted by molar-refractivity contribution is 0.476. The van der Waals surface area contributed by atoms with Gasteiger partial charge in [0.2, 0.25) is 0 Å². The van der Waals surface area contributed by atoms with Gasteiger partial charge < -0.3 is 29.2 Å². The molecule has 0 radical (unpaired) electrons. The van der Waals surface area contributed by atoms with Gasteiger partial charge in [0, 0.05) is 94.6 Å². The van der Waals surface area contributed by atoms with E-state index in [0.717, 1.165) is 89.0 Å². The smallest absolute Gasteiger partial charge is 0.256 e. The maximum absolute atomic E-state index is 7.88. The molecule has 0 bridgehead atoms. The summed E-state index contributed by atoms with van der Waals surface area (Å²) in [5.41, 5.74) is 30.8. The number of anilines is 11. The normalized spacial score (nSPS) is 16.7. The second-order valence-corrected chi connectivity index (χ2v) is 21.8. The van der Waals surface area contributed by atoms with Gasteiger partial charge in [-0.2, -0.15) is 0 Å². The zero-order valence-electron chi connectivity index (χ0n) is 41.5. The lowest BCUT2D eigenvalue weighted by Crippen LogP contribution is -2.65. The van der Waals surface area contributed by atoms with Gasteiger partial charge in [-0.3, -0.25) is 0 Å². The van der Waals surface area contributed by atoms with Crippen molar-refractivity contribution in [3.8, 4) is 22.6 Å². The molecule has 8 aliphatic heterocycles. The number of rotatable bonds is 4. The molecule has 17 rings (SSSR count). The number of benzene rings is 9. The highest BCUT2D eigenvalue weighted by Crippen LogP contribution is 2.56. The average molecular weight is 954 g/mol. The minimum Gasteiger partial charge on any atom is -0.458 e. The van der Waals surface area contributed by atoms with Crippen molar-refractivity contribution in [2.24, 2.45) is 0 Å². The van der Waals surface area contributed by atoms with Crippen LogP contribution >= 0.6 is 0 Å². The Morgan fingerprint density at radius 2 is 0.811 bits per heavy atom. The molecule has 6 nitrogen and oxygen atoms in total. The quantitative estimate of drug-likeness (QED) is 0.163. The predicted octanol–water partition coefficient (Wildman–Crippen LogP) is 11.2. The lowest BCUT2D eigenvalue weighted by atomic mass is 9.30. The molecule has 8 heteroatoms. The molecule has 0 spiro atoms. The Morgan fingerprint density at radius 1 is 0.351 bits per heavy atom. The van der Waals surface area contributed by atoms with E-state index in [-0.39, 0.29) is 13.4 Å². The molecular formula is C66H53B2N5O. The van der Waals surface area contributed by atoms with Gasteiger partial charge in [0.15, 0.2) is 0 Å². The van der Waals surface area contributed by atoms with Gasteiger partial charge >= 0.3 is 0 Å². The van der Waals surface area contributed by atoms with Crippen LogP contribution in [0.4, 0.5) is 62.6 Å². The highest BCUT2D eigenvalue weighted by molar-refractivity contribution is 7.02. The van der Waals surface area contributed by atoms with Crippen molar-refractivity contribution in [1.82, 2.24) is 0 Å². The third-order valence-electron chi connectivity index (χ3n) is 18.1. The summed E-state index contributed by atoms with van der Waals surface area (Å²) in [5, 5.41) is 0. The SMILES string of the molecule is c1ccc(-c2ccccc2N2c3cc4c(cc3B3c5ccccc5N(c5ccccc5)c5c6c7c(c2c53)CCCN7CCC6)B2c3ccccc3N(c3ccccc3)c3c5c6c(c(c32)O4)CCCN6CCC5)cc1. The molecule has 0 saturated heterocycles. The van der Waals surface area contributed by atoms with Gasteiger partial charge in [-0.05, 0) is 149 Å². The molecule has 9 aromatic carbocycles. The minimum atomic E-state index is -0.0205. The first kappa shape index (κ1) is 41.4. The Bertz CT molecular complexity index is 3840. The monoisotopic (exact) mass is 953 g/mol. The molecule has 8 aliphatic rings. The predicted molar refractivity (Wildman–Crippen MR) is 309 cm³/mol. The summed E-state index contributed by atoms with van der Waals surface area (Å²) in [6.45, 7) is 4.34. The van der Waals surface area contributed by atoms with Crippen LogP contribution in [0, 0.1) is 0 Å². The van der Waals surface area contributed by atoms with Crippen LogP contribution in [0.3, 0.4) is 0 Å². The number of hydrogen-bond donors (Lipinski definition) is 0. The molecule has 0 fully saturated rings. The summed E-state index contributed by atoms with van der Waals surface area (Å²) in [5.74, 6) is 2.07. The summed E-state index contributed by atoms with van der Waals surface area (Å²) >= 11 is 0. The van der Waals surface area contributed by atoms with Crippen molar-refractivity contribution in [1.29, 1.82) is 0 Å². The van der Waals surface area contributed by atoms with Crippen LogP contribution in [-0.2, 0) is 25.7 Å². The molecule has 0 N–H and O–H groups in total. The van der Waals surface area contributed by atoms with Gasteiger partial charge in [0.25, 0.3) is 13.4 Å². The van der Waals surface area contributed by atoms with Crippen molar-refractivity contribution in [2.45, 2.75) is 51.4 Å². The van der Waals surface area contributed by atoms with Crippen molar-refractivity contribution >= 4 is 109 Å². The topological polar surface area (TPSA) is 25.4 Å². The van der Waals surface area contributed by atoms with E-state index in [9.17, 15) is 0 Å². The van der Waals surface area contributed by atoms with E-state index in [4.69, 9.17) is 4.74 Å². The Morgan fingerprint density at radius 3 is 1.41 bits per heavy atom. The molecule has 0 aromatic heterocycles. The van der Waals surface area contributed by atoms with E-state index in [1.165, 1.54) is 129 Å². The fourth-order valence-electron chi connectivity index (χ4n) is 15.4. The molecule has 9 aromatic rings. The first-order valence-electron chi connectivity index (χ1n) is 27.4. The average Bonchev–Trinajstić information content (AvgIpc) is 3.53. The maximum Gasteiger partial charge on any atom is 0.256 e. The maximum atomic E-state index is 7.88. The van der Waals surface area contributed by atoms with Gasteiger partial charge in [-0.15, -0.1) is 0 Å². The molecular weight excluding hydrogens is 900 g/mol. The van der Waals surface area contributed by atoms with Crippen LogP contribution in [-0.4, -0.2) is 39.6 Å². The summed E-state index contributed by atoms with van der Waals surface area (Å²) in [6.07, 6.45) is 8.78. The van der Waals surface area contributed by atoms with Crippen LogP contribution in [0.15, 0.2) is 176 Å². The van der Waals surface area contributed by atoms with Crippen molar-refractivity contribution in [3.63, 3.8) is 0 Å². The zero-order valence-corrected chi connectivity index (χ0v) is 41.5. The molecule has 8 heterocycles. The summed E-state index contributed by atoms with van der Waals surface area (Å²) in [7, 11) is 0. The number of para-hydroxylation sites is 5. The van der Waals surface area contributed by atoms with E-state index >= 15 is 0 Å². The number of nitrogens with zero attached hydrogens (tertiary/aromatic N) is 5. The van der Waals surface area contributed by atoms with Crippen LogP contribution in [0.5, 0.6) is 11.5 Å². The first-order valence-corrected chi connectivity index (χ1v) is 27.4. The van der Waals surface area contributed by atoms with E-state index in [2.05, 4.69) is 200 Å². The fraction of sp³-hybridized carbons (Fsp3) is 0.182. The molecule has 0 aliphatic carbocycles. The summed E-state index contributed by atoms with van der Waals surface area (Å²) in [6, 6.07) is 66.5. The molecule has 0 unspecified atom stereocenters. The van der Waals surface area contributed by atoms with Crippen molar-refractivity contribution < 1.29 is 4.74 Å². The summed E-state index contributed by atoms with van der Waals surface area (Å²) < 4.78 is 7.88. The largest absolute Gasteiger partial charge is 0.458 e. The van der Waals surface area contributed by atoms with E-state index in [0.29, 0.717) is 0 Å². The van der Waals surface area contributed by atoms with E-state index in [1.54, 1.807) is 0 Å². The third-order valence-corrected chi connectivity index (χ3v) is 18.1. The minimum absolute atomic E-state index is 0.0192. The highest BCUT2D eigenvalue weighted by Gasteiger charge is 2.51. The Kier molecular flexibility index (Phi) is 8.79. The molecule has 0 amide bonds. The summed E-state index contributed by atoms with van der Waals surface area (Å²) in [4.78, 5) is 13.4. The lowest BCUT2D eigenvalue weighted by Gasteiger charge is -2.50. The Labute approximate surface area is 434 Å². The van der Waals surface area contributed by atoms with Crippen LogP contribution in [0.2, 0.25) is 0 Å². The Hall–Kier alpha value is -8.09. The molecule has 354 valence electrons. The number of fused-ring (bicyclic) bond motifs is 12. The van der Waals surface area contributed by atoms with E-state index < -0.39 is 0 Å². The van der Waals surface area contributed by atoms with Gasteiger partial charge in [-0.25, -0.2) is 0 Å². The van der Waals surface area contributed by atoms with Gasteiger partial charge in [0.1, 0.15) is 11.5 Å². The fourth-order valence-corrected chi connectivity index (χ4v) is 15.4. The molecule has 0 saturated carbocycles. The van der Waals surface area contributed by atoms with Crippen molar-refractivity contribution in [2.75, 3.05) is 50.7 Å². The second kappa shape index (κ2) is 15.7. The van der Waals surface area contributed by atoms with Crippen LogP contribution in [0.1, 0.15) is 47.9 Å². The van der Waals surface area contributed by atoms with Gasteiger partial charge in [0.05, 0.1) is 11.4 Å². The molecule has 74 heavy (non-hydrogen) atoms. The van der Waals surface area contributed by atoms with Crippen LogP contribution < -0.4 is 62.0 Å². The highest BCUT2D eigenvalue weighted by atomic mass is 16.5. The van der Waals surface area contributed by atoms with Gasteiger partial charge in [-0.1, -0.05) is 127 Å². The number of hydrogen-bond acceptors (Lipinski definition) is 6. The van der Waals surface area contributed by atoms with Crippen molar-refractivity contribution in [3.05, 3.63) is 198 Å². The van der Waals surface area contributed by atoms with Crippen LogP contribution in [0.25, 0.3) is 11.1 Å². The molecule has 0 atom stereocenters. The first-order chi connectivity index (χ1) is 36.8. The third kappa shape index (κ3) is 5.58. The zero-order chi connectivity index (χ0) is 48.2.